The Morgan fingerprint density at radius 3 is 2.29 bits per heavy atom. The summed E-state index contributed by atoms with van der Waals surface area (Å²) in [5.41, 5.74) is 5.84. The fourth-order valence-corrected chi connectivity index (χ4v) is 2.22. The number of hydrogen-bond acceptors (Lipinski definition) is 4. The summed E-state index contributed by atoms with van der Waals surface area (Å²) < 4.78 is 0. The van der Waals surface area contributed by atoms with Gasteiger partial charge >= 0.3 is 0 Å². The molecule has 1 fully saturated rings. The van der Waals surface area contributed by atoms with Gasteiger partial charge in [-0.2, -0.15) is 0 Å². The van der Waals surface area contributed by atoms with Crippen molar-refractivity contribution in [3.8, 4) is 0 Å². The fourth-order valence-electron chi connectivity index (χ4n) is 2.22. The zero-order valence-corrected chi connectivity index (χ0v) is 11.5. The molecule has 1 atom stereocenters. The summed E-state index contributed by atoms with van der Waals surface area (Å²) >= 11 is 0. The minimum atomic E-state index is -0.0388. The van der Waals surface area contributed by atoms with Gasteiger partial charge in [0.15, 0.2) is 0 Å². The maximum absolute atomic E-state index is 11.6. The number of amides is 1. The molecule has 5 heteroatoms. The monoisotopic (exact) mass is 242 g/mol. The Hall–Kier alpha value is -0.650. The number of nitrogens with two attached hydrogens (primary N) is 1. The van der Waals surface area contributed by atoms with Crippen LogP contribution in [0.15, 0.2) is 0 Å². The number of likely N-dealkylation sites (N-methyl/N-ethyl adjacent to an activating group) is 1. The van der Waals surface area contributed by atoms with Crippen molar-refractivity contribution in [2.24, 2.45) is 5.73 Å². The van der Waals surface area contributed by atoms with Crippen molar-refractivity contribution in [2.45, 2.75) is 32.4 Å². The average Bonchev–Trinajstić information content (AvgIpc) is 2.37. The number of nitrogens with one attached hydrogen (secondary N) is 1. The summed E-state index contributed by atoms with van der Waals surface area (Å²) in [6, 6.07) is -0.0388. The third-order valence-corrected chi connectivity index (χ3v) is 3.84. The molecule has 1 aliphatic heterocycles. The first kappa shape index (κ1) is 14.4. The number of carbonyl (C=O) groups is 1. The van der Waals surface area contributed by atoms with E-state index in [4.69, 9.17) is 5.73 Å². The summed E-state index contributed by atoms with van der Waals surface area (Å²) in [4.78, 5) is 16.2. The summed E-state index contributed by atoms with van der Waals surface area (Å²) in [6.45, 7) is 10.8. The van der Waals surface area contributed by atoms with Crippen molar-refractivity contribution in [2.75, 3.05) is 39.8 Å². The van der Waals surface area contributed by atoms with Crippen molar-refractivity contribution >= 4 is 5.91 Å². The van der Waals surface area contributed by atoms with E-state index in [1.807, 2.05) is 6.92 Å². The van der Waals surface area contributed by atoms with E-state index in [0.29, 0.717) is 6.54 Å². The topological polar surface area (TPSA) is 61.6 Å². The summed E-state index contributed by atoms with van der Waals surface area (Å²) in [7, 11) is 1.69. The summed E-state index contributed by atoms with van der Waals surface area (Å²) in [6.07, 6.45) is 0. The van der Waals surface area contributed by atoms with Gasteiger partial charge in [0.05, 0.1) is 6.04 Å². The molecule has 0 aliphatic carbocycles. The Morgan fingerprint density at radius 2 is 1.88 bits per heavy atom. The standard InChI is InChI=1S/C12H26N4O/c1-10(11(17)14-4)15-5-7-16(8-6-15)12(2,3)9-13/h10H,5-9,13H2,1-4H3,(H,14,17). The van der Waals surface area contributed by atoms with Crippen LogP contribution in [0.3, 0.4) is 0 Å². The highest BCUT2D eigenvalue weighted by atomic mass is 16.2. The van der Waals surface area contributed by atoms with Gasteiger partial charge in [-0.25, -0.2) is 0 Å². The van der Waals surface area contributed by atoms with Crippen LogP contribution in [-0.4, -0.2) is 67.1 Å². The molecule has 5 nitrogen and oxygen atoms in total. The maximum Gasteiger partial charge on any atom is 0.236 e. The first-order valence-corrected chi connectivity index (χ1v) is 6.33. The maximum atomic E-state index is 11.6. The molecule has 0 radical (unpaired) electrons. The number of hydrogen-bond donors (Lipinski definition) is 2. The van der Waals surface area contributed by atoms with Crippen LogP contribution < -0.4 is 11.1 Å². The molecule has 0 aromatic rings. The highest BCUT2D eigenvalue weighted by Crippen LogP contribution is 2.16. The Kier molecular flexibility index (Phi) is 4.91. The third kappa shape index (κ3) is 3.40. The Balaban J connectivity index is 2.48. The van der Waals surface area contributed by atoms with E-state index in [0.717, 1.165) is 26.2 Å². The number of rotatable bonds is 4. The van der Waals surface area contributed by atoms with Gasteiger partial charge in [0, 0.05) is 45.3 Å². The molecule has 0 bridgehead atoms. The Labute approximate surface area is 104 Å². The normalized spacial score (nSPS) is 21.2. The van der Waals surface area contributed by atoms with Gasteiger partial charge in [-0.05, 0) is 20.8 Å². The van der Waals surface area contributed by atoms with Gasteiger partial charge in [0.25, 0.3) is 0 Å². The minimum absolute atomic E-state index is 0.0388. The molecule has 0 spiro atoms. The zero-order chi connectivity index (χ0) is 13.1. The quantitative estimate of drug-likeness (QED) is 0.696. The van der Waals surface area contributed by atoms with Gasteiger partial charge in [-0.3, -0.25) is 14.6 Å². The molecular formula is C12H26N4O. The molecule has 1 aliphatic rings. The van der Waals surface area contributed by atoms with E-state index in [-0.39, 0.29) is 17.5 Å². The van der Waals surface area contributed by atoms with Crippen LogP contribution >= 0.6 is 0 Å². The molecule has 1 amide bonds. The average molecular weight is 242 g/mol. The largest absolute Gasteiger partial charge is 0.358 e. The van der Waals surface area contributed by atoms with Crippen molar-refractivity contribution in [3.05, 3.63) is 0 Å². The number of carbonyl (C=O) groups excluding carboxylic acids is 1. The first-order valence-electron chi connectivity index (χ1n) is 6.33. The highest BCUT2D eigenvalue weighted by Gasteiger charge is 2.31. The molecule has 1 heterocycles. The van der Waals surface area contributed by atoms with Crippen LogP contribution in [0.25, 0.3) is 0 Å². The molecule has 1 unspecified atom stereocenters. The molecule has 0 aromatic carbocycles. The van der Waals surface area contributed by atoms with Crippen molar-refractivity contribution in [1.82, 2.24) is 15.1 Å². The van der Waals surface area contributed by atoms with E-state index in [1.54, 1.807) is 7.05 Å². The van der Waals surface area contributed by atoms with E-state index < -0.39 is 0 Å². The molecule has 17 heavy (non-hydrogen) atoms. The molecule has 1 rings (SSSR count). The van der Waals surface area contributed by atoms with Crippen molar-refractivity contribution in [1.29, 1.82) is 0 Å². The van der Waals surface area contributed by atoms with E-state index in [2.05, 4.69) is 29.0 Å². The Morgan fingerprint density at radius 1 is 1.35 bits per heavy atom. The van der Waals surface area contributed by atoms with Gasteiger partial charge in [0.1, 0.15) is 0 Å². The number of piperazine rings is 1. The smallest absolute Gasteiger partial charge is 0.236 e. The lowest BCUT2D eigenvalue weighted by Gasteiger charge is -2.44. The molecule has 0 saturated carbocycles. The van der Waals surface area contributed by atoms with Crippen molar-refractivity contribution in [3.63, 3.8) is 0 Å². The van der Waals surface area contributed by atoms with Crippen LogP contribution in [-0.2, 0) is 4.79 Å². The van der Waals surface area contributed by atoms with Gasteiger partial charge in [-0.15, -0.1) is 0 Å². The van der Waals surface area contributed by atoms with E-state index in [9.17, 15) is 4.79 Å². The predicted molar refractivity (Wildman–Crippen MR) is 69.8 cm³/mol. The Bertz CT molecular complexity index is 259. The van der Waals surface area contributed by atoms with Crippen LogP contribution in [0.4, 0.5) is 0 Å². The minimum Gasteiger partial charge on any atom is -0.358 e. The SMILES string of the molecule is CNC(=O)C(C)N1CCN(C(C)(C)CN)CC1. The van der Waals surface area contributed by atoms with Crippen molar-refractivity contribution < 1.29 is 4.79 Å². The van der Waals surface area contributed by atoms with Crippen LogP contribution in [0.2, 0.25) is 0 Å². The molecule has 3 N–H and O–H groups in total. The molecule has 0 aromatic heterocycles. The second-order valence-corrected chi connectivity index (χ2v) is 5.33. The lowest BCUT2D eigenvalue weighted by molar-refractivity contribution is -0.126. The van der Waals surface area contributed by atoms with Crippen LogP contribution in [0, 0.1) is 0 Å². The van der Waals surface area contributed by atoms with Gasteiger partial charge < -0.3 is 11.1 Å². The van der Waals surface area contributed by atoms with Gasteiger partial charge in [0.2, 0.25) is 5.91 Å². The molecular weight excluding hydrogens is 216 g/mol. The molecule has 100 valence electrons. The van der Waals surface area contributed by atoms with Gasteiger partial charge in [-0.1, -0.05) is 0 Å². The summed E-state index contributed by atoms with van der Waals surface area (Å²) in [5, 5.41) is 2.70. The second-order valence-electron chi connectivity index (χ2n) is 5.33. The second kappa shape index (κ2) is 5.80. The van der Waals surface area contributed by atoms with E-state index in [1.165, 1.54) is 0 Å². The lowest BCUT2D eigenvalue weighted by atomic mass is 10.0. The van der Waals surface area contributed by atoms with Crippen LogP contribution in [0.5, 0.6) is 0 Å². The molecule has 1 saturated heterocycles. The third-order valence-electron chi connectivity index (χ3n) is 3.84. The first-order chi connectivity index (χ1) is 7.92. The zero-order valence-electron chi connectivity index (χ0n) is 11.5. The predicted octanol–water partition coefficient (Wildman–Crippen LogP) is -0.524. The highest BCUT2D eigenvalue weighted by molar-refractivity contribution is 5.80. The number of nitrogens with zero attached hydrogens (tertiary/aromatic N) is 2. The fraction of sp³-hybridized carbons (Fsp3) is 0.917. The summed E-state index contributed by atoms with van der Waals surface area (Å²) in [5.74, 6) is 0.0940. The van der Waals surface area contributed by atoms with Crippen LogP contribution in [0.1, 0.15) is 20.8 Å². The van der Waals surface area contributed by atoms with E-state index >= 15 is 0 Å². The lowest BCUT2D eigenvalue weighted by Crippen LogP contribution is -2.59.